The molecular weight excluding hydrogens is 290 g/mol. The Morgan fingerprint density at radius 1 is 1.48 bits per heavy atom. The molecule has 0 radical (unpaired) electrons. The third-order valence-electron chi connectivity index (χ3n) is 4.34. The first-order valence-corrected chi connectivity index (χ1v) is 8.06. The first kappa shape index (κ1) is 15.7. The zero-order valence-corrected chi connectivity index (χ0v) is 13.7. The number of likely N-dealkylation sites (tertiary alicyclic amines) is 1. The van der Waals surface area contributed by atoms with Crippen molar-refractivity contribution in [2.24, 2.45) is 0 Å². The lowest BCUT2D eigenvalue weighted by Gasteiger charge is -2.24. The SMILES string of the molecule is CC(=O)NCc1cccc([C@@H]2CCCN2Cc2nc[nH]c2C)n1. The minimum atomic E-state index is -0.0336. The summed E-state index contributed by atoms with van der Waals surface area (Å²) >= 11 is 0. The van der Waals surface area contributed by atoms with Crippen molar-refractivity contribution in [3.8, 4) is 0 Å². The number of pyridine rings is 1. The molecule has 23 heavy (non-hydrogen) atoms. The second kappa shape index (κ2) is 6.91. The van der Waals surface area contributed by atoms with Crippen LogP contribution in [0.2, 0.25) is 0 Å². The van der Waals surface area contributed by atoms with Gasteiger partial charge in [0.1, 0.15) is 0 Å². The molecule has 0 aromatic carbocycles. The van der Waals surface area contributed by atoms with Gasteiger partial charge in [0.15, 0.2) is 0 Å². The lowest BCUT2D eigenvalue weighted by molar-refractivity contribution is -0.119. The Hall–Kier alpha value is -2.21. The summed E-state index contributed by atoms with van der Waals surface area (Å²) in [4.78, 5) is 25.8. The second-order valence-electron chi connectivity index (χ2n) is 6.07. The number of imidazole rings is 1. The molecule has 2 aromatic heterocycles. The van der Waals surface area contributed by atoms with Crippen LogP contribution in [-0.2, 0) is 17.9 Å². The highest BCUT2D eigenvalue weighted by atomic mass is 16.1. The van der Waals surface area contributed by atoms with E-state index in [1.165, 1.54) is 13.3 Å². The van der Waals surface area contributed by atoms with E-state index in [2.05, 4.69) is 33.2 Å². The zero-order valence-electron chi connectivity index (χ0n) is 13.7. The van der Waals surface area contributed by atoms with Gasteiger partial charge in [0.2, 0.25) is 5.91 Å². The van der Waals surface area contributed by atoms with E-state index in [-0.39, 0.29) is 5.91 Å². The fourth-order valence-electron chi connectivity index (χ4n) is 3.09. The van der Waals surface area contributed by atoms with Gasteiger partial charge >= 0.3 is 0 Å². The first-order valence-electron chi connectivity index (χ1n) is 8.06. The number of aromatic nitrogens is 3. The standard InChI is InChI=1S/C17H23N5O/c1-12-16(20-11-19-12)10-22-8-4-7-17(22)15-6-3-5-14(21-15)9-18-13(2)23/h3,5-6,11,17H,4,7-10H2,1-2H3,(H,18,23)(H,19,20)/t17-/m0/s1. The summed E-state index contributed by atoms with van der Waals surface area (Å²) in [6.07, 6.45) is 4.04. The van der Waals surface area contributed by atoms with E-state index < -0.39 is 0 Å². The Labute approximate surface area is 136 Å². The van der Waals surface area contributed by atoms with Crippen LogP contribution in [-0.4, -0.2) is 32.3 Å². The van der Waals surface area contributed by atoms with E-state index in [9.17, 15) is 4.79 Å². The minimum absolute atomic E-state index is 0.0336. The summed E-state index contributed by atoms with van der Waals surface area (Å²) in [6.45, 7) is 5.97. The van der Waals surface area contributed by atoms with Crippen LogP contribution >= 0.6 is 0 Å². The predicted octanol–water partition coefficient (Wildman–Crippen LogP) is 2.09. The average molecular weight is 313 g/mol. The number of hydrogen-bond donors (Lipinski definition) is 2. The summed E-state index contributed by atoms with van der Waals surface area (Å²) in [6, 6.07) is 6.38. The fourth-order valence-corrected chi connectivity index (χ4v) is 3.09. The zero-order chi connectivity index (χ0) is 16.2. The van der Waals surface area contributed by atoms with Gasteiger partial charge in [-0.25, -0.2) is 4.98 Å². The maximum atomic E-state index is 11.1. The summed E-state index contributed by atoms with van der Waals surface area (Å²) in [5.74, 6) is -0.0336. The number of rotatable bonds is 5. The molecule has 3 heterocycles. The molecule has 1 atom stereocenters. The molecule has 0 spiro atoms. The highest BCUT2D eigenvalue weighted by molar-refractivity contribution is 5.72. The molecule has 1 aliphatic heterocycles. The molecule has 1 aliphatic rings. The third kappa shape index (κ3) is 3.76. The van der Waals surface area contributed by atoms with Crippen LogP contribution < -0.4 is 5.32 Å². The highest BCUT2D eigenvalue weighted by Crippen LogP contribution is 2.32. The van der Waals surface area contributed by atoms with Gasteiger partial charge in [-0.15, -0.1) is 0 Å². The smallest absolute Gasteiger partial charge is 0.217 e. The lowest BCUT2D eigenvalue weighted by Crippen LogP contribution is -2.25. The molecule has 1 amide bonds. The summed E-state index contributed by atoms with van der Waals surface area (Å²) < 4.78 is 0. The molecule has 1 saturated heterocycles. The minimum Gasteiger partial charge on any atom is -0.351 e. The molecule has 1 fully saturated rings. The number of hydrogen-bond acceptors (Lipinski definition) is 4. The van der Waals surface area contributed by atoms with Gasteiger partial charge in [-0.2, -0.15) is 0 Å². The van der Waals surface area contributed by atoms with Crippen LogP contribution in [0.25, 0.3) is 0 Å². The van der Waals surface area contributed by atoms with E-state index in [1.54, 1.807) is 6.33 Å². The van der Waals surface area contributed by atoms with Crippen molar-refractivity contribution in [3.05, 3.63) is 47.3 Å². The van der Waals surface area contributed by atoms with Crippen LogP contribution in [0.15, 0.2) is 24.5 Å². The summed E-state index contributed by atoms with van der Waals surface area (Å²) in [5, 5.41) is 2.81. The molecule has 0 unspecified atom stereocenters. The lowest BCUT2D eigenvalue weighted by atomic mass is 10.1. The number of aromatic amines is 1. The number of amides is 1. The van der Waals surface area contributed by atoms with Crippen LogP contribution in [0.3, 0.4) is 0 Å². The highest BCUT2D eigenvalue weighted by Gasteiger charge is 2.28. The molecule has 122 valence electrons. The maximum absolute atomic E-state index is 11.1. The van der Waals surface area contributed by atoms with Crippen molar-refractivity contribution in [2.75, 3.05) is 6.54 Å². The van der Waals surface area contributed by atoms with Crippen molar-refractivity contribution in [1.82, 2.24) is 25.2 Å². The Balaban J connectivity index is 1.73. The van der Waals surface area contributed by atoms with Crippen LogP contribution in [0.4, 0.5) is 0 Å². The molecule has 0 bridgehead atoms. The fraction of sp³-hybridized carbons (Fsp3) is 0.471. The molecule has 6 nitrogen and oxygen atoms in total. The number of carbonyl (C=O) groups excluding carboxylic acids is 1. The quantitative estimate of drug-likeness (QED) is 0.886. The predicted molar refractivity (Wildman–Crippen MR) is 87.5 cm³/mol. The Kier molecular flexibility index (Phi) is 4.71. The monoisotopic (exact) mass is 313 g/mol. The number of nitrogens with zero attached hydrogens (tertiary/aromatic N) is 3. The average Bonchev–Trinajstić information content (AvgIpc) is 3.16. The van der Waals surface area contributed by atoms with Gasteiger partial charge in [0, 0.05) is 19.2 Å². The van der Waals surface area contributed by atoms with E-state index in [0.29, 0.717) is 12.6 Å². The molecular formula is C17H23N5O. The number of nitrogens with one attached hydrogen (secondary N) is 2. The van der Waals surface area contributed by atoms with Gasteiger partial charge in [-0.1, -0.05) is 6.07 Å². The van der Waals surface area contributed by atoms with E-state index in [0.717, 1.165) is 42.3 Å². The Morgan fingerprint density at radius 3 is 3.09 bits per heavy atom. The maximum Gasteiger partial charge on any atom is 0.217 e. The van der Waals surface area contributed by atoms with Crippen molar-refractivity contribution in [2.45, 2.75) is 45.8 Å². The van der Waals surface area contributed by atoms with Crippen LogP contribution in [0.1, 0.15) is 48.6 Å². The Morgan fingerprint density at radius 2 is 2.35 bits per heavy atom. The number of carbonyl (C=O) groups is 1. The molecule has 2 N–H and O–H groups in total. The van der Waals surface area contributed by atoms with E-state index in [1.807, 2.05) is 12.1 Å². The molecule has 3 rings (SSSR count). The normalized spacial score (nSPS) is 18.3. The second-order valence-corrected chi connectivity index (χ2v) is 6.07. The van der Waals surface area contributed by atoms with Crippen LogP contribution in [0.5, 0.6) is 0 Å². The van der Waals surface area contributed by atoms with Gasteiger partial charge in [0.05, 0.1) is 36.0 Å². The third-order valence-corrected chi connectivity index (χ3v) is 4.34. The van der Waals surface area contributed by atoms with Gasteiger partial charge < -0.3 is 10.3 Å². The summed E-state index contributed by atoms with van der Waals surface area (Å²) in [7, 11) is 0. The first-order chi connectivity index (χ1) is 11.1. The van der Waals surface area contributed by atoms with Gasteiger partial charge in [-0.05, 0) is 38.4 Å². The number of H-pyrrole nitrogens is 1. The molecule has 0 aliphatic carbocycles. The van der Waals surface area contributed by atoms with Crippen molar-refractivity contribution < 1.29 is 4.79 Å². The topological polar surface area (TPSA) is 73.9 Å². The molecule has 0 saturated carbocycles. The number of aryl methyl sites for hydroxylation is 1. The summed E-state index contributed by atoms with van der Waals surface area (Å²) in [5.41, 5.74) is 4.22. The van der Waals surface area contributed by atoms with Crippen molar-refractivity contribution >= 4 is 5.91 Å². The van der Waals surface area contributed by atoms with E-state index >= 15 is 0 Å². The largest absolute Gasteiger partial charge is 0.351 e. The van der Waals surface area contributed by atoms with E-state index in [4.69, 9.17) is 4.98 Å². The van der Waals surface area contributed by atoms with Gasteiger partial charge in [0.25, 0.3) is 0 Å². The van der Waals surface area contributed by atoms with Crippen molar-refractivity contribution in [3.63, 3.8) is 0 Å². The van der Waals surface area contributed by atoms with Crippen molar-refractivity contribution in [1.29, 1.82) is 0 Å². The molecule has 2 aromatic rings. The molecule has 6 heteroatoms. The van der Waals surface area contributed by atoms with Crippen LogP contribution in [0, 0.1) is 6.92 Å². The Bertz CT molecular complexity index is 681. The van der Waals surface area contributed by atoms with Gasteiger partial charge in [-0.3, -0.25) is 14.7 Å².